The van der Waals surface area contributed by atoms with Gasteiger partial charge < -0.3 is 5.11 Å². The summed E-state index contributed by atoms with van der Waals surface area (Å²) in [5.74, 6) is 0.0771. The van der Waals surface area contributed by atoms with Crippen molar-refractivity contribution in [3.8, 4) is 45.6 Å². The molecule has 0 aliphatic heterocycles. The Labute approximate surface area is 315 Å². The third-order valence-corrected chi connectivity index (χ3v) is 9.86. The van der Waals surface area contributed by atoms with Crippen LogP contribution in [0, 0.1) is 0 Å². The van der Waals surface area contributed by atoms with Crippen LogP contribution in [0.4, 0.5) is 0 Å². The van der Waals surface area contributed by atoms with Crippen molar-refractivity contribution in [1.29, 1.82) is 0 Å². The predicted molar refractivity (Wildman–Crippen MR) is 215 cm³/mol. The lowest BCUT2D eigenvalue weighted by atomic mass is 9.85. The number of nitrogens with zero attached hydrogens (tertiary/aromatic N) is 6. The molecule has 0 aliphatic carbocycles. The highest BCUT2D eigenvalue weighted by Gasteiger charge is 2.21. The molecule has 0 fully saturated rings. The van der Waals surface area contributed by atoms with Crippen LogP contribution in [0.3, 0.4) is 0 Å². The van der Waals surface area contributed by atoms with E-state index in [0.717, 1.165) is 71.2 Å². The van der Waals surface area contributed by atoms with Crippen LogP contribution in [-0.2, 0) is 0 Å². The fraction of sp³-hybridized carbons (Fsp3) is 0.348. The van der Waals surface area contributed by atoms with Crippen LogP contribution in [-0.4, -0.2) is 41.6 Å². The molecular weight excluding hydrogens is 653 g/mol. The monoisotopic (exact) mass is 704 g/mol. The molecule has 0 bridgehead atoms. The van der Waals surface area contributed by atoms with Gasteiger partial charge in [-0.1, -0.05) is 101 Å². The number of pyridine rings is 6. The minimum atomic E-state index is 0.0771. The molecule has 0 spiro atoms. The standard InChI is InChI=1S/C46H52N6O/c53-31-21-11-9-7-5-3-1-2-4-6-8-10-12-22-38(36-32-43(39-23-13-17-27-47-39)51-44(33-36)40-24-14-18-28-48-40)37-34-45(41-25-15-19-29-49-41)52-46(35-37)42-26-16-20-30-50-42/h13-20,23-30,32-35,38,53H,1-12,21-22,31H2. The first-order chi connectivity index (χ1) is 26.3. The molecule has 53 heavy (non-hydrogen) atoms. The van der Waals surface area contributed by atoms with Crippen molar-refractivity contribution in [2.45, 2.75) is 95.8 Å². The Morgan fingerprint density at radius 3 is 0.943 bits per heavy atom. The molecule has 7 heteroatoms. The summed E-state index contributed by atoms with van der Waals surface area (Å²) in [5, 5.41) is 8.96. The Bertz CT molecular complexity index is 1680. The normalized spacial score (nSPS) is 11.3. The summed E-state index contributed by atoms with van der Waals surface area (Å²) < 4.78 is 0. The van der Waals surface area contributed by atoms with Gasteiger partial charge in [0.05, 0.1) is 45.6 Å². The molecule has 272 valence electrons. The third kappa shape index (κ3) is 11.4. The highest BCUT2D eigenvalue weighted by Crippen LogP contribution is 2.37. The third-order valence-electron chi connectivity index (χ3n) is 9.86. The van der Waals surface area contributed by atoms with Gasteiger partial charge in [-0.25, -0.2) is 9.97 Å². The fourth-order valence-electron chi connectivity index (χ4n) is 7.02. The maximum absolute atomic E-state index is 8.96. The molecule has 1 N–H and O–H groups in total. The van der Waals surface area contributed by atoms with Gasteiger partial charge in [0, 0.05) is 37.3 Å². The molecule has 6 heterocycles. The maximum Gasteiger partial charge on any atom is 0.0897 e. The van der Waals surface area contributed by atoms with Gasteiger partial charge in [0.15, 0.2) is 0 Å². The first-order valence-corrected chi connectivity index (χ1v) is 19.6. The van der Waals surface area contributed by atoms with Gasteiger partial charge in [-0.2, -0.15) is 0 Å². The van der Waals surface area contributed by atoms with Crippen LogP contribution in [0.5, 0.6) is 0 Å². The van der Waals surface area contributed by atoms with Gasteiger partial charge in [0.25, 0.3) is 0 Å². The Morgan fingerprint density at radius 1 is 0.358 bits per heavy atom. The zero-order valence-corrected chi connectivity index (χ0v) is 30.9. The molecule has 7 nitrogen and oxygen atoms in total. The molecule has 0 aliphatic rings. The van der Waals surface area contributed by atoms with Crippen molar-refractivity contribution in [2.75, 3.05) is 6.61 Å². The van der Waals surface area contributed by atoms with Gasteiger partial charge in [-0.05, 0) is 96.8 Å². The van der Waals surface area contributed by atoms with Crippen molar-refractivity contribution in [2.24, 2.45) is 0 Å². The quantitative estimate of drug-likeness (QED) is 0.0745. The van der Waals surface area contributed by atoms with Crippen LogP contribution in [0.15, 0.2) is 122 Å². The summed E-state index contributed by atoms with van der Waals surface area (Å²) in [6, 6.07) is 32.7. The molecular formula is C46H52N6O. The van der Waals surface area contributed by atoms with Crippen LogP contribution in [0.1, 0.15) is 107 Å². The van der Waals surface area contributed by atoms with E-state index in [9.17, 15) is 0 Å². The van der Waals surface area contributed by atoms with Gasteiger partial charge >= 0.3 is 0 Å². The molecule has 0 unspecified atom stereocenters. The molecule has 6 aromatic rings. The van der Waals surface area contributed by atoms with Crippen molar-refractivity contribution >= 4 is 0 Å². The average Bonchev–Trinajstić information content (AvgIpc) is 3.23. The highest BCUT2D eigenvalue weighted by atomic mass is 16.2. The largest absolute Gasteiger partial charge is 0.396 e. The van der Waals surface area contributed by atoms with Crippen LogP contribution in [0.2, 0.25) is 0 Å². The van der Waals surface area contributed by atoms with Crippen LogP contribution in [0.25, 0.3) is 45.6 Å². The Kier molecular flexibility index (Phi) is 14.7. The van der Waals surface area contributed by atoms with E-state index in [1.54, 1.807) is 0 Å². The van der Waals surface area contributed by atoms with E-state index in [1.807, 2.05) is 97.6 Å². The Balaban J connectivity index is 1.26. The summed E-state index contributed by atoms with van der Waals surface area (Å²) in [5.41, 5.74) is 9.06. The molecule has 0 atom stereocenters. The second-order valence-corrected chi connectivity index (χ2v) is 13.9. The van der Waals surface area contributed by atoms with Crippen molar-refractivity contribution in [1.82, 2.24) is 29.9 Å². The SMILES string of the molecule is OCCCCCCCCCCCCCCCC(c1cc(-c2ccccn2)nc(-c2ccccn2)c1)c1cc(-c2ccccn2)nc(-c2ccccn2)c1. The zero-order valence-electron chi connectivity index (χ0n) is 30.9. The molecule has 0 radical (unpaired) electrons. The van der Waals surface area contributed by atoms with Crippen LogP contribution < -0.4 is 0 Å². The van der Waals surface area contributed by atoms with E-state index in [1.165, 1.54) is 75.3 Å². The first kappa shape index (κ1) is 37.6. The molecule has 6 rings (SSSR count). The number of aliphatic hydroxyl groups is 1. The number of unbranched alkanes of at least 4 members (excludes halogenated alkanes) is 12. The van der Waals surface area contributed by atoms with Gasteiger partial charge in [0.2, 0.25) is 0 Å². The average molecular weight is 705 g/mol. The van der Waals surface area contributed by atoms with E-state index in [-0.39, 0.29) is 5.92 Å². The molecule has 0 aromatic carbocycles. The number of rotatable bonds is 21. The van der Waals surface area contributed by atoms with E-state index in [4.69, 9.17) is 15.1 Å². The summed E-state index contributed by atoms with van der Waals surface area (Å²) in [7, 11) is 0. The smallest absolute Gasteiger partial charge is 0.0897 e. The van der Waals surface area contributed by atoms with E-state index < -0.39 is 0 Å². The lowest BCUT2D eigenvalue weighted by Gasteiger charge is -2.21. The predicted octanol–water partition coefficient (Wildman–Crippen LogP) is 11.3. The second-order valence-electron chi connectivity index (χ2n) is 13.9. The lowest BCUT2D eigenvalue weighted by Crippen LogP contribution is -2.06. The minimum absolute atomic E-state index is 0.0771. The number of aromatic nitrogens is 6. The number of hydrogen-bond donors (Lipinski definition) is 1. The first-order valence-electron chi connectivity index (χ1n) is 19.6. The number of hydrogen-bond acceptors (Lipinski definition) is 7. The highest BCUT2D eigenvalue weighted by molar-refractivity contribution is 5.67. The second kappa shape index (κ2) is 20.8. The summed E-state index contributed by atoms with van der Waals surface area (Å²) in [4.78, 5) is 28.9. The molecule has 0 saturated heterocycles. The topological polar surface area (TPSA) is 97.6 Å². The summed E-state index contributed by atoms with van der Waals surface area (Å²) >= 11 is 0. The Hall–Kier alpha value is -5.14. The number of aliphatic hydroxyl groups excluding tert-OH is 1. The van der Waals surface area contributed by atoms with Gasteiger partial charge in [0.1, 0.15) is 0 Å². The minimum Gasteiger partial charge on any atom is -0.396 e. The van der Waals surface area contributed by atoms with Crippen molar-refractivity contribution in [3.05, 3.63) is 133 Å². The van der Waals surface area contributed by atoms with E-state index in [0.29, 0.717) is 6.61 Å². The Morgan fingerprint density at radius 2 is 0.660 bits per heavy atom. The van der Waals surface area contributed by atoms with E-state index >= 15 is 0 Å². The molecule has 0 amide bonds. The van der Waals surface area contributed by atoms with Crippen LogP contribution >= 0.6 is 0 Å². The molecule has 0 saturated carbocycles. The summed E-state index contributed by atoms with van der Waals surface area (Å²) in [6.07, 6.45) is 24.4. The van der Waals surface area contributed by atoms with E-state index in [2.05, 4.69) is 44.2 Å². The molecule has 6 aromatic heterocycles. The van der Waals surface area contributed by atoms with Gasteiger partial charge in [-0.15, -0.1) is 0 Å². The maximum atomic E-state index is 8.96. The van der Waals surface area contributed by atoms with Crippen molar-refractivity contribution in [3.63, 3.8) is 0 Å². The zero-order chi connectivity index (χ0) is 36.3. The van der Waals surface area contributed by atoms with Gasteiger partial charge in [-0.3, -0.25) is 19.9 Å². The lowest BCUT2D eigenvalue weighted by molar-refractivity contribution is 0.282. The fourth-order valence-corrected chi connectivity index (χ4v) is 7.02. The van der Waals surface area contributed by atoms with Crippen molar-refractivity contribution < 1.29 is 5.11 Å². The summed E-state index contributed by atoms with van der Waals surface area (Å²) in [6.45, 7) is 0.327.